The third-order valence-electron chi connectivity index (χ3n) is 6.32. The number of ether oxygens (including phenoxy) is 1. The highest BCUT2D eigenvalue weighted by Crippen LogP contribution is 2.60. The van der Waals surface area contributed by atoms with Gasteiger partial charge in [0.15, 0.2) is 0 Å². The summed E-state index contributed by atoms with van der Waals surface area (Å²) in [5.41, 5.74) is 1.64. The highest BCUT2D eigenvalue weighted by Gasteiger charge is 2.67. The predicted molar refractivity (Wildman–Crippen MR) is 118 cm³/mol. The first-order valence-electron chi connectivity index (χ1n) is 9.75. The summed E-state index contributed by atoms with van der Waals surface area (Å²) in [6.07, 6.45) is 0.715. The molecule has 2 aliphatic carbocycles. The second kappa shape index (κ2) is 7.50. The van der Waals surface area contributed by atoms with Gasteiger partial charge >= 0.3 is 5.97 Å². The number of halogens is 2. The fraction of sp³-hybridized carbons (Fsp3) is 0.318. The average molecular weight is 534 g/mol. The summed E-state index contributed by atoms with van der Waals surface area (Å²) in [6.45, 7) is 0. The molecule has 2 aromatic carbocycles. The Morgan fingerprint density at radius 2 is 1.77 bits per heavy atom. The SMILES string of the molecule is O=C(Nc1ccc(Br)cc1)c1cccc(NC(=O)[C@@H]2[C@H]3C[C@H]4[C@H](OC(=O)[C@@H]42)[C@H]3Br)c1. The minimum absolute atomic E-state index is 0.0176. The van der Waals surface area contributed by atoms with Gasteiger partial charge in [0.25, 0.3) is 5.91 Å². The molecule has 0 spiro atoms. The first-order chi connectivity index (χ1) is 14.4. The lowest BCUT2D eigenvalue weighted by molar-refractivity contribution is -0.145. The highest BCUT2D eigenvalue weighted by atomic mass is 79.9. The van der Waals surface area contributed by atoms with E-state index in [1.54, 1.807) is 36.4 Å². The number of rotatable bonds is 4. The lowest BCUT2D eigenvalue weighted by Gasteiger charge is -2.27. The maximum Gasteiger partial charge on any atom is 0.310 e. The zero-order valence-electron chi connectivity index (χ0n) is 15.7. The number of benzene rings is 2. The Morgan fingerprint density at radius 1 is 1.00 bits per heavy atom. The van der Waals surface area contributed by atoms with Gasteiger partial charge in [0.05, 0.1) is 16.7 Å². The summed E-state index contributed by atoms with van der Waals surface area (Å²) in [6, 6.07) is 14.1. The molecule has 1 heterocycles. The van der Waals surface area contributed by atoms with Crippen LogP contribution < -0.4 is 10.6 Å². The van der Waals surface area contributed by atoms with Crippen molar-refractivity contribution >= 4 is 61.0 Å². The molecule has 2 amide bonds. The van der Waals surface area contributed by atoms with Crippen molar-refractivity contribution in [2.24, 2.45) is 23.7 Å². The average Bonchev–Trinajstić information content (AvgIpc) is 3.34. The summed E-state index contributed by atoms with van der Waals surface area (Å²) >= 11 is 6.99. The molecular weight excluding hydrogens is 516 g/mol. The predicted octanol–water partition coefficient (Wildman–Crippen LogP) is 4.21. The molecule has 5 rings (SSSR count). The smallest absolute Gasteiger partial charge is 0.310 e. The Kier molecular flexibility index (Phi) is 4.94. The zero-order valence-corrected chi connectivity index (χ0v) is 18.9. The number of nitrogens with one attached hydrogen (secondary N) is 2. The quantitative estimate of drug-likeness (QED) is 0.455. The van der Waals surface area contributed by atoms with E-state index in [1.165, 1.54) is 0 Å². The Bertz CT molecular complexity index is 1040. The monoisotopic (exact) mass is 532 g/mol. The van der Waals surface area contributed by atoms with Gasteiger partial charge in [-0.3, -0.25) is 14.4 Å². The molecular formula is C22H18Br2N2O4. The Hall–Kier alpha value is -2.19. The maximum absolute atomic E-state index is 13.0. The van der Waals surface area contributed by atoms with Crippen molar-refractivity contribution < 1.29 is 19.1 Å². The van der Waals surface area contributed by atoms with Crippen LogP contribution in [0.4, 0.5) is 11.4 Å². The van der Waals surface area contributed by atoms with Crippen molar-refractivity contribution in [3.63, 3.8) is 0 Å². The fourth-order valence-corrected chi connectivity index (χ4v) is 6.34. The van der Waals surface area contributed by atoms with E-state index in [1.807, 2.05) is 12.1 Å². The first kappa shape index (κ1) is 19.8. The Balaban J connectivity index is 1.30. The topological polar surface area (TPSA) is 84.5 Å². The van der Waals surface area contributed by atoms with E-state index in [0.29, 0.717) is 16.9 Å². The lowest BCUT2D eigenvalue weighted by atomic mass is 9.79. The van der Waals surface area contributed by atoms with Gasteiger partial charge in [0.1, 0.15) is 6.10 Å². The van der Waals surface area contributed by atoms with Gasteiger partial charge in [0, 0.05) is 27.3 Å². The molecule has 6 nitrogen and oxygen atoms in total. The Morgan fingerprint density at radius 3 is 2.53 bits per heavy atom. The van der Waals surface area contributed by atoms with Crippen LogP contribution >= 0.6 is 31.9 Å². The van der Waals surface area contributed by atoms with Crippen molar-refractivity contribution in [2.75, 3.05) is 10.6 Å². The van der Waals surface area contributed by atoms with Gasteiger partial charge in [-0.25, -0.2) is 0 Å². The summed E-state index contributed by atoms with van der Waals surface area (Å²) in [4.78, 5) is 37.9. The number of carbonyl (C=O) groups is 3. The summed E-state index contributed by atoms with van der Waals surface area (Å²) < 4.78 is 6.40. The van der Waals surface area contributed by atoms with Crippen LogP contribution in [0.3, 0.4) is 0 Å². The van der Waals surface area contributed by atoms with E-state index in [4.69, 9.17) is 4.74 Å². The van der Waals surface area contributed by atoms with Crippen LogP contribution in [0.15, 0.2) is 53.0 Å². The van der Waals surface area contributed by atoms with E-state index in [-0.39, 0.29) is 46.5 Å². The molecule has 1 saturated heterocycles. The van der Waals surface area contributed by atoms with E-state index in [2.05, 4.69) is 42.5 Å². The van der Waals surface area contributed by atoms with Gasteiger partial charge < -0.3 is 15.4 Å². The molecule has 1 aliphatic heterocycles. The molecule has 0 radical (unpaired) electrons. The molecule has 8 heteroatoms. The molecule has 3 aliphatic rings. The Labute approximate surface area is 190 Å². The second-order valence-corrected chi connectivity index (χ2v) is 9.96. The number of hydrogen-bond donors (Lipinski definition) is 2. The third kappa shape index (κ3) is 3.26. The van der Waals surface area contributed by atoms with Crippen LogP contribution in [-0.4, -0.2) is 28.7 Å². The molecule has 2 bridgehead atoms. The highest BCUT2D eigenvalue weighted by molar-refractivity contribution is 9.10. The van der Waals surface area contributed by atoms with Gasteiger partial charge in [-0.1, -0.05) is 37.9 Å². The summed E-state index contributed by atoms with van der Waals surface area (Å²) in [7, 11) is 0. The number of carbonyl (C=O) groups excluding carboxylic acids is 3. The summed E-state index contributed by atoms with van der Waals surface area (Å²) in [5.74, 6) is -1.30. The minimum atomic E-state index is -0.411. The number of fused-ring (bicyclic) bond motifs is 1. The molecule has 2 aromatic rings. The van der Waals surface area contributed by atoms with Gasteiger partial charge in [-0.05, 0) is 54.8 Å². The van der Waals surface area contributed by atoms with Crippen molar-refractivity contribution in [3.8, 4) is 0 Å². The second-order valence-electron chi connectivity index (χ2n) is 7.99. The van der Waals surface area contributed by atoms with Crippen molar-refractivity contribution in [1.82, 2.24) is 0 Å². The third-order valence-corrected chi connectivity index (χ3v) is 8.05. The number of hydrogen-bond acceptors (Lipinski definition) is 4. The van der Waals surface area contributed by atoms with Crippen molar-refractivity contribution in [3.05, 3.63) is 58.6 Å². The van der Waals surface area contributed by atoms with E-state index < -0.39 is 5.92 Å². The standard InChI is InChI=1S/C22H18Br2N2O4/c23-11-4-6-12(7-5-11)25-20(27)10-2-1-3-13(8-10)26-21(28)16-14-9-15-17(16)22(29)30-19(15)18(14)24/h1-8,14-19H,9H2,(H,25,27)(H,26,28)/t14-,15-,16-,17+,18+,19+/m1/s1. The van der Waals surface area contributed by atoms with Gasteiger partial charge in [0.2, 0.25) is 5.91 Å². The van der Waals surface area contributed by atoms with Gasteiger partial charge in [-0.15, -0.1) is 0 Å². The number of anilines is 2. The number of alkyl halides is 1. The van der Waals surface area contributed by atoms with Crippen LogP contribution in [0.1, 0.15) is 16.8 Å². The molecule has 6 atom stereocenters. The largest absolute Gasteiger partial charge is 0.461 e. The van der Waals surface area contributed by atoms with Gasteiger partial charge in [-0.2, -0.15) is 0 Å². The molecule has 0 aromatic heterocycles. The normalized spacial score (nSPS) is 30.8. The van der Waals surface area contributed by atoms with Crippen LogP contribution in [0.2, 0.25) is 0 Å². The number of amides is 2. The van der Waals surface area contributed by atoms with Crippen LogP contribution in [0.25, 0.3) is 0 Å². The van der Waals surface area contributed by atoms with Crippen LogP contribution in [0, 0.1) is 23.7 Å². The van der Waals surface area contributed by atoms with Crippen LogP contribution in [0.5, 0.6) is 0 Å². The molecule has 3 fully saturated rings. The van der Waals surface area contributed by atoms with E-state index in [9.17, 15) is 14.4 Å². The minimum Gasteiger partial charge on any atom is -0.461 e. The fourth-order valence-electron chi connectivity index (χ4n) is 5.03. The summed E-state index contributed by atoms with van der Waals surface area (Å²) in [5, 5.41) is 5.74. The van der Waals surface area contributed by atoms with Crippen LogP contribution in [-0.2, 0) is 14.3 Å². The molecule has 154 valence electrons. The lowest BCUT2D eigenvalue weighted by Crippen LogP contribution is -2.40. The molecule has 0 unspecified atom stereocenters. The molecule has 2 saturated carbocycles. The van der Waals surface area contributed by atoms with Crippen molar-refractivity contribution in [2.45, 2.75) is 17.4 Å². The molecule has 30 heavy (non-hydrogen) atoms. The zero-order chi connectivity index (χ0) is 21.0. The van der Waals surface area contributed by atoms with E-state index >= 15 is 0 Å². The number of esters is 1. The van der Waals surface area contributed by atoms with Crippen molar-refractivity contribution in [1.29, 1.82) is 0 Å². The first-order valence-corrected chi connectivity index (χ1v) is 11.5. The molecule has 2 N–H and O–H groups in total. The van der Waals surface area contributed by atoms with E-state index in [0.717, 1.165) is 10.9 Å². The maximum atomic E-state index is 13.0.